The van der Waals surface area contributed by atoms with Crippen molar-refractivity contribution in [1.29, 1.82) is 0 Å². The molecule has 2 rings (SSSR count). The third-order valence-corrected chi connectivity index (χ3v) is 3.14. The van der Waals surface area contributed by atoms with E-state index >= 15 is 0 Å². The number of nitrogens with one attached hydrogen (secondary N) is 1. The van der Waals surface area contributed by atoms with Gasteiger partial charge in [-0.3, -0.25) is 9.59 Å². The number of halogens is 1. The summed E-state index contributed by atoms with van der Waals surface area (Å²) in [5.74, 6) is -2.10. The number of carboxylic acid groups (broad SMARTS) is 1. The number of aryl methyl sites for hydroxylation is 1. The summed E-state index contributed by atoms with van der Waals surface area (Å²) in [4.78, 5) is 22.4. The molecule has 0 spiro atoms. The number of carbonyl (C=O) groups excluding carboxylic acids is 1. The van der Waals surface area contributed by atoms with Gasteiger partial charge >= 0.3 is 5.97 Å². The number of carboxylic acids is 1. The Hall–Kier alpha value is -1.55. The Kier molecular flexibility index (Phi) is 3.07. The Morgan fingerprint density at radius 1 is 1.41 bits per heavy atom. The highest BCUT2D eigenvalue weighted by atomic mass is 35.5. The summed E-state index contributed by atoms with van der Waals surface area (Å²) in [6, 6.07) is 5.20. The van der Waals surface area contributed by atoms with Gasteiger partial charge in [0.2, 0.25) is 5.91 Å². The second kappa shape index (κ2) is 4.37. The fourth-order valence-corrected chi connectivity index (χ4v) is 1.88. The maximum absolute atomic E-state index is 11.7. The summed E-state index contributed by atoms with van der Waals surface area (Å²) >= 11 is 5.83. The second-order valence-electron chi connectivity index (χ2n) is 4.24. The lowest BCUT2D eigenvalue weighted by atomic mass is 10.2. The molecular formula is C12H12ClNO3. The van der Waals surface area contributed by atoms with Crippen molar-refractivity contribution in [3.63, 3.8) is 0 Å². The maximum Gasteiger partial charge on any atom is 0.307 e. The number of aliphatic carboxylic acids is 1. The van der Waals surface area contributed by atoms with E-state index in [0.29, 0.717) is 17.1 Å². The van der Waals surface area contributed by atoms with Crippen LogP contribution in [0, 0.1) is 18.8 Å². The molecule has 1 aliphatic carbocycles. The molecule has 1 amide bonds. The number of rotatable bonds is 3. The van der Waals surface area contributed by atoms with Crippen LogP contribution < -0.4 is 5.32 Å². The van der Waals surface area contributed by atoms with E-state index in [1.807, 2.05) is 6.92 Å². The van der Waals surface area contributed by atoms with Crippen molar-refractivity contribution in [2.45, 2.75) is 13.3 Å². The molecule has 0 bridgehead atoms. The van der Waals surface area contributed by atoms with Crippen molar-refractivity contribution < 1.29 is 14.7 Å². The predicted octanol–water partition coefficient (Wildman–Crippen LogP) is 2.31. The topological polar surface area (TPSA) is 66.4 Å². The van der Waals surface area contributed by atoms with E-state index in [0.717, 1.165) is 5.56 Å². The molecule has 1 aromatic rings. The highest BCUT2D eigenvalue weighted by molar-refractivity contribution is 6.31. The number of benzene rings is 1. The van der Waals surface area contributed by atoms with Crippen molar-refractivity contribution in [3.05, 3.63) is 28.8 Å². The normalized spacial score (nSPS) is 22.0. The molecule has 0 heterocycles. The highest BCUT2D eigenvalue weighted by Crippen LogP contribution is 2.39. The first-order valence-electron chi connectivity index (χ1n) is 5.29. The molecule has 1 saturated carbocycles. The van der Waals surface area contributed by atoms with Gasteiger partial charge in [-0.1, -0.05) is 17.7 Å². The largest absolute Gasteiger partial charge is 0.481 e. The van der Waals surface area contributed by atoms with Gasteiger partial charge < -0.3 is 10.4 Å². The molecule has 4 nitrogen and oxygen atoms in total. The van der Waals surface area contributed by atoms with E-state index < -0.39 is 17.8 Å². The van der Waals surface area contributed by atoms with Crippen LogP contribution in [0.15, 0.2) is 18.2 Å². The SMILES string of the molecule is Cc1ccc(Cl)cc1NC(=O)[C@@H]1C[C@@H]1C(=O)O. The van der Waals surface area contributed by atoms with Crippen molar-refractivity contribution in [2.24, 2.45) is 11.8 Å². The van der Waals surface area contributed by atoms with E-state index in [-0.39, 0.29) is 5.91 Å². The average molecular weight is 254 g/mol. The van der Waals surface area contributed by atoms with E-state index in [9.17, 15) is 9.59 Å². The lowest BCUT2D eigenvalue weighted by Crippen LogP contribution is -2.17. The smallest absolute Gasteiger partial charge is 0.307 e. The molecule has 90 valence electrons. The third-order valence-electron chi connectivity index (χ3n) is 2.90. The zero-order valence-electron chi connectivity index (χ0n) is 9.24. The minimum atomic E-state index is -0.909. The fourth-order valence-electron chi connectivity index (χ4n) is 1.71. The maximum atomic E-state index is 11.7. The first-order chi connectivity index (χ1) is 7.99. The van der Waals surface area contributed by atoms with Gasteiger partial charge in [0.05, 0.1) is 11.8 Å². The number of hydrogen-bond donors (Lipinski definition) is 2. The number of hydrogen-bond acceptors (Lipinski definition) is 2. The monoisotopic (exact) mass is 253 g/mol. The Morgan fingerprint density at radius 3 is 2.71 bits per heavy atom. The van der Waals surface area contributed by atoms with Gasteiger partial charge in [0.25, 0.3) is 0 Å². The molecule has 0 unspecified atom stereocenters. The third kappa shape index (κ3) is 2.58. The van der Waals surface area contributed by atoms with E-state index in [2.05, 4.69) is 5.32 Å². The van der Waals surface area contributed by atoms with E-state index in [1.165, 1.54) is 0 Å². The van der Waals surface area contributed by atoms with Crippen LogP contribution in [-0.4, -0.2) is 17.0 Å². The van der Waals surface area contributed by atoms with Crippen LogP contribution in [0.3, 0.4) is 0 Å². The molecule has 0 aromatic heterocycles. The van der Waals surface area contributed by atoms with Crippen molar-refractivity contribution in [1.82, 2.24) is 0 Å². The molecular weight excluding hydrogens is 242 g/mol. The summed E-state index contributed by atoms with van der Waals surface area (Å²) in [7, 11) is 0. The quantitative estimate of drug-likeness (QED) is 0.869. The van der Waals surface area contributed by atoms with Crippen LogP contribution >= 0.6 is 11.6 Å². The summed E-state index contributed by atoms with van der Waals surface area (Å²) in [6.45, 7) is 1.85. The van der Waals surface area contributed by atoms with Gasteiger partial charge in [0.15, 0.2) is 0 Å². The summed E-state index contributed by atoms with van der Waals surface area (Å²) < 4.78 is 0. The zero-order chi connectivity index (χ0) is 12.6. The molecule has 1 fully saturated rings. The van der Waals surface area contributed by atoms with Gasteiger partial charge in [-0.2, -0.15) is 0 Å². The second-order valence-corrected chi connectivity index (χ2v) is 4.67. The molecule has 0 saturated heterocycles. The highest BCUT2D eigenvalue weighted by Gasteiger charge is 2.48. The molecule has 0 radical (unpaired) electrons. The number of anilines is 1. The summed E-state index contributed by atoms with van der Waals surface area (Å²) in [6.07, 6.45) is 0.417. The lowest BCUT2D eigenvalue weighted by Gasteiger charge is -2.08. The van der Waals surface area contributed by atoms with Crippen LogP contribution in [0.5, 0.6) is 0 Å². The predicted molar refractivity (Wildman–Crippen MR) is 64.1 cm³/mol. The van der Waals surface area contributed by atoms with E-state index in [4.69, 9.17) is 16.7 Å². The van der Waals surface area contributed by atoms with Crippen LogP contribution in [0.25, 0.3) is 0 Å². The average Bonchev–Trinajstić information content (AvgIpc) is 3.03. The van der Waals surface area contributed by atoms with Crippen LogP contribution in [0.4, 0.5) is 5.69 Å². The first-order valence-corrected chi connectivity index (χ1v) is 5.66. The number of carbonyl (C=O) groups is 2. The first kappa shape index (κ1) is 11.9. The van der Waals surface area contributed by atoms with Crippen LogP contribution in [0.2, 0.25) is 5.02 Å². The summed E-state index contributed by atoms with van der Waals surface area (Å²) in [5, 5.41) is 12.0. The molecule has 17 heavy (non-hydrogen) atoms. The van der Waals surface area contributed by atoms with Crippen molar-refractivity contribution in [2.75, 3.05) is 5.32 Å². The molecule has 1 aromatic carbocycles. The molecule has 5 heteroatoms. The fraction of sp³-hybridized carbons (Fsp3) is 0.333. The zero-order valence-corrected chi connectivity index (χ0v) is 9.99. The van der Waals surface area contributed by atoms with Crippen LogP contribution in [-0.2, 0) is 9.59 Å². The molecule has 0 aliphatic heterocycles. The molecule has 2 atom stereocenters. The van der Waals surface area contributed by atoms with E-state index in [1.54, 1.807) is 18.2 Å². The van der Waals surface area contributed by atoms with Crippen molar-refractivity contribution in [3.8, 4) is 0 Å². The van der Waals surface area contributed by atoms with Gasteiger partial charge in [-0.05, 0) is 31.0 Å². The Bertz CT molecular complexity index is 487. The standard InChI is InChI=1S/C12H12ClNO3/c1-6-2-3-7(13)4-10(6)14-11(15)8-5-9(8)12(16)17/h2-4,8-9H,5H2,1H3,(H,14,15)(H,16,17)/t8-,9+/m1/s1. The van der Waals surface area contributed by atoms with Crippen molar-refractivity contribution >= 4 is 29.2 Å². The Balaban J connectivity index is 2.04. The van der Waals surface area contributed by atoms with Gasteiger partial charge in [-0.15, -0.1) is 0 Å². The minimum absolute atomic E-state index is 0.247. The Morgan fingerprint density at radius 2 is 2.12 bits per heavy atom. The molecule has 2 N–H and O–H groups in total. The van der Waals surface area contributed by atoms with Gasteiger partial charge in [0.1, 0.15) is 0 Å². The minimum Gasteiger partial charge on any atom is -0.481 e. The van der Waals surface area contributed by atoms with Gasteiger partial charge in [-0.25, -0.2) is 0 Å². The van der Waals surface area contributed by atoms with Gasteiger partial charge in [0, 0.05) is 10.7 Å². The number of amides is 1. The van der Waals surface area contributed by atoms with Crippen LogP contribution in [0.1, 0.15) is 12.0 Å². The Labute approximate surface area is 104 Å². The summed E-state index contributed by atoms with van der Waals surface area (Å²) in [5.41, 5.74) is 1.54. The lowest BCUT2D eigenvalue weighted by molar-refractivity contribution is -0.139. The molecule has 1 aliphatic rings.